The summed E-state index contributed by atoms with van der Waals surface area (Å²) in [7, 11) is 0. The molecule has 0 saturated heterocycles. The molecule has 0 radical (unpaired) electrons. The van der Waals surface area contributed by atoms with E-state index in [2.05, 4.69) is 0 Å². The molecule has 0 spiro atoms. The van der Waals surface area contributed by atoms with Gasteiger partial charge in [-0.3, -0.25) is 0 Å². The van der Waals surface area contributed by atoms with Gasteiger partial charge in [0, 0.05) is 17.2 Å². The first kappa shape index (κ1) is 14.1. The number of nitrogens with two attached hydrogens (primary N) is 1. The molecular weight excluding hydrogens is 288 g/mol. The Morgan fingerprint density at radius 3 is 2.63 bits per heavy atom. The summed E-state index contributed by atoms with van der Waals surface area (Å²) >= 11 is 11.9. The molecule has 0 amide bonds. The highest BCUT2D eigenvalue weighted by molar-refractivity contribution is 6.34. The van der Waals surface area contributed by atoms with Gasteiger partial charge in [-0.05, 0) is 42.8 Å². The second-order valence-corrected chi connectivity index (χ2v) is 4.85. The van der Waals surface area contributed by atoms with Crippen LogP contribution >= 0.6 is 23.2 Å². The van der Waals surface area contributed by atoms with Crippen molar-refractivity contribution in [1.82, 2.24) is 0 Å². The van der Waals surface area contributed by atoms with Crippen molar-refractivity contribution in [3.8, 4) is 11.5 Å². The molecule has 2 nitrogen and oxygen atoms in total. The third-order valence-electron chi connectivity index (χ3n) is 2.49. The van der Waals surface area contributed by atoms with Crippen LogP contribution < -0.4 is 10.5 Å². The lowest BCUT2D eigenvalue weighted by atomic mass is 10.1. The molecule has 2 aromatic rings. The van der Waals surface area contributed by atoms with Gasteiger partial charge in [-0.1, -0.05) is 23.2 Å². The molecule has 0 aliphatic carbocycles. The van der Waals surface area contributed by atoms with E-state index in [1.807, 2.05) is 0 Å². The SMILES string of the molecule is NCCc1cc(F)cc(Oc2cc(Cl)ccc2Cl)c1. The normalized spacial score (nSPS) is 10.5. The molecule has 2 N–H and O–H groups in total. The lowest BCUT2D eigenvalue weighted by molar-refractivity contribution is 0.476. The monoisotopic (exact) mass is 299 g/mol. The summed E-state index contributed by atoms with van der Waals surface area (Å²) in [5.41, 5.74) is 6.23. The van der Waals surface area contributed by atoms with Crippen LogP contribution in [0, 0.1) is 5.82 Å². The van der Waals surface area contributed by atoms with E-state index in [0.29, 0.717) is 34.5 Å². The number of hydrogen-bond acceptors (Lipinski definition) is 2. The van der Waals surface area contributed by atoms with Gasteiger partial charge < -0.3 is 10.5 Å². The van der Waals surface area contributed by atoms with Gasteiger partial charge in [0.15, 0.2) is 0 Å². The summed E-state index contributed by atoms with van der Waals surface area (Å²) in [6.45, 7) is 0.445. The minimum absolute atomic E-state index is 0.368. The first-order valence-electron chi connectivity index (χ1n) is 5.71. The van der Waals surface area contributed by atoms with E-state index < -0.39 is 0 Å². The maximum Gasteiger partial charge on any atom is 0.147 e. The van der Waals surface area contributed by atoms with Crippen LogP contribution in [-0.2, 0) is 6.42 Å². The first-order valence-corrected chi connectivity index (χ1v) is 6.46. The van der Waals surface area contributed by atoms with Crippen molar-refractivity contribution in [2.75, 3.05) is 6.54 Å². The van der Waals surface area contributed by atoms with Crippen LogP contribution in [0.1, 0.15) is 5.56 Å². The smallest absolute Gasteiger partial charge is 0.147 e. The van der Waals surface area contributed by atoms with Crippen molar-refractivity contribution in [3.05, 3.63) is 57.8 Å². The Balaban J connectivity index is 2.29. The van der Waals surface area contributed by atoms with Crippen LogP contribution in [0.15, 0.2) is 36.4 Å². The minimum atomic E-state index is -0.376. The van der Waals surface area contributed by atoms with E-state index in [9.17, 15) is 4.39 Å². The van der Waals surface area contributed by atoms with Crippen LogP contribution in [0.25, 0.3) is 0 Å². The number of hydrogen-bond donors (Lipinski definition) is 1. The molecule has 0 bridgehead atoms. The van der Waals surface area contributed by atoms with Gasteiger partial charge >= 0.3 is 0 Å². The fourth-order valence-electron chi connectivity index (χ4n) is 1.67. The number of halogens is 3. The predicted molar refractivity (Wildman–Crippen MR) is 75.7 cm³/mol. The largest absolute Gasteiger partial charge is 0.456 e. The zero-order chi connectivity index (χ0) is 13.8. The second kappa shape index (κ2) is 6.24. The van der Waals surface area contributed by atoms with Crippen molar-refractivity contribution in [3.63, 3.8) is 0 Å². The topological polar surface area (TPSA) is 35.2 Å². The Morgan fingerprint density at radius 2 is 1.89 bits per heavy atom. The fourth-order valence-corrected chi connectivity index (χ4v) is 1.99. The highest BCUT2D eigenvalue weighted by Crippen LogP contribution is 2.32. The molecule has 0 aromatic heterocycles. The minimum Gasteiger partial charge on any atom is -0.456 e. The van der Waals surface area contributed by atoms with Crippen LogP contribution in [-0.4, -0.2) is 6.54 Å². The van der Waals surface area contributed by atoms with Crippen molar-refractivity contribution in [2.24, 2.45) is 5.73 Å². The highest BCUT2D eigenvalue weighted by atomic mass is 35.5. The molecule has 100 valence electrons. The molecule has 0 saturated carbocycles. The molecule has 0 aliphatic rings. The third-order valence-corrected chi connectivity index (χ3v) is 3.03. The van der Waals surface area contributed by atoms with Crippen LogP contribution in [0.3, 0.4) is 0 Å². The van der Waals surface area contributed by atoms with Crippen molar-refractivity contribution >= 4 is 23.2 Å². The molecular formula is C14H12Cl2FNO. The Bertz CT molecular complexity index is 590. The second-order valence-electron chi connectivity index (χ2n) is 4.01. The lowest BCUT2D eigenvalue weighted by Gasteiger charge is -2.09. The fraction of sp³-hybridized carbons (Fsp3) is 0.143. The number of benzene rings is 2. The Labute approximate surface area is 120 Å². The molecule has 0 heterocycles. The molecule has 0 atom stereocenters. The van der Waals surface area contributed by atoms with E-state index in [0.717, 1.165) is 5.56 Å². The van der Waals surface area contributed by atoms with Crippen molar-refractivity contribution in [1.29, 1.82) is 0 Å². The summed E-state index contributed by atoms with van der Waals surface area (Å²) in [6, 6.07) is 9.31. The quantitative estimate of drug-likeness (QED) is 0.906. The maximum atomic E-state index is 13.5. The number of ether oxygens (including phenoxy) is 1. The van der Waals surface area contributed by atoms with E-state index in [1.165, 1.54) is 12.1 Å². The van der Waals surface area contributed by atoms with Gasteiger partial charge in [-0.25, -0.2) is 4.39 Å². The van der Waals surface area contributed by atoms with Crippen molar-refractivity contribution < 1.29 is 9.13 Å². The summed E-state index contributed by atoms with van der Waals surface area (Å²) in [4.78, 5) is 0. The molecule has 5 heteroatoms. The summed E-state index contributed by atoms with van der Waals surface area (Å²) in [5, 5.41) is 0.909. The highest BCUT2D eigenvalue weighted by Gasteiger charge is 2.07. The Kier molecular flexibility index (Phi) is 4.64. The molecule has 2 rings (SSSR count). The predicted octanol–water partition coefficient (Wildman–Crippen LogP) is 4.43. The molecule has 0 aliphatic heterocycles. The van der Waals surface area contributed by atoms with Crippen LogP contribution in [0.4, 0.5) is 4.39 Å². The van der Waals surface area contributed by atoms with Crippen molar-refractivity contribution in [2.45, 2.75) is 6.42 Å². The zero-order valence-corrected chi connectivity index (χ0v) is 11.5. The Hall–Kier alpha value is -1.29. The number of rotatable bonds is 4. The summed E-state index contributed by atoms with van der Waals surface area (Å²) < 4.78 is 19.0. The van der Waals surface area contributed by atoms with E-state index >= 15 is 0 Å². The molecule has 0 unspecified atom stereocenters. The first-order chi connectivity index (χ1) is 9.08. The maximum absolute atomic E-state index is 13.5. The Morgan fingerprint density at radius 1 is 1.11 bits per heavy atom. The lowest BCUT2D eigenvalue weighted by Crippen LogP contribution is -2.03. The average molecular weight is 300 g/mol. The van der Waals surface area contributed by atoms with E-state index in [1.54, 1.807) is 24.3 Å². The zero-order valence-electron chi connectivity index (χ0n) is 10.00. The van der Waals surface area contributed by atoms with Gasteiger partial charge in [-0.2, -0.15) is 0 Å². The summed E-state index contributed by atoms with van der Waals surface area (Å²) in [5.74, 6) is 0.380. The molecule has 0 fully saturated rings. The van der Waals surface area contributed by atoms with E-state index in [4.69, 9.17) is 33.7 Å². The van der Waals surface area contributed by atoms with Crippen LogP contribution in [0.5, 0.6) is 11.5 Å². The van der Waals surface area contributed by atoms with Gasteiger partial charge in [0.25, 0.3) is 0 Å². The third kappa shape index (κ3) is 3.83. The van der Waals surface area contributed by atoms with Gasteiger partial charge in [0.1, 0.15) is 17.3 Å². The standard InChI is InChI=1S/C14H12Cl2FNO/c15-10-1-2-13(16)14(7-10)19-12-6-9(3-4-18)5-11(17)8-12/h1-2,5-8H,3-4,18H2. The van der Waals surface area contributed by atoms with Gasteiger partial charge in [0.2, 0.25) is 0 Å². The molecule has 19 heavy (non-hydrogen) atoms. The summed E-state index contributed by atoms with van der Waals surface area (Å²) in [6.07, 6.45) is 0.581. The van der Waals surface area contributed by atoms with Gasteiger partial charge in [-0.15, -0.1) is 0 Å². The van der Waals surface area contributed by atoms with E-state index in [-0.39, 0.29) is 5.82 Å². The van der Waals surface area contributed by atoms with Gasteiger partial charge in [0.05, 0.1) is 5.02 Å². The average Bonchev–Trinajstić information content (AvgIpc) is 2.33. The molecule has 2 aromatic carbocycles. The van der Waals surface area contributed by atoms with Crippen LogP contribution in [0.2, 0.25) is 10.0 Å².